The Morgan fingerprint density at radius 2 is 2.08 bits per heavy atom. The molecule has 1 aromatic heterocycles. The van der Waals surface area contributed by atoms with Gasteiger partial charge in [0.2, 0.25) is 11.8 Å². The highest BCUT2D eigenvalue weighted by atomic mass is 32.1. The van der Waals surface area contributed by atoms with Gasteiger partial charge >= 0.3 is 0 Å². The van der Waals surface area contributed by atoms with Crippen LogP contribution in [0.25, 0.3) is 10.2 Å². The van der Waals surface area contributed by atoms with E-state index in [9.17, 15) is 14.4 Å². The molecule has 1 fully saturated rings. The van der Waals surface area contributed by atoms with Gasteiger partial charge in [-0.25, -0.2) is 0 Å². The van der Waals surface area contributed by atoms with E-state index in [0.717, 1.165) is 20.9 Å². The van der Waals surface area contributed by atoms with Crippen molar-refractivity contribution in [3.8, 4) is 5.75 Å². The lowest BCUT2D eigenvalue weighted by Gasteiger charge is -2.10. The second-order valence-electron chi connectivity index (χ2n) is 5.73. The molecule has 2 aromatic rings. The third-order valence-corrected chi connectivity index (χ3v) is 4.99. The van der Waals surface area contributed by atoms with Gasteiger partial charge in [0.25, 0.3) is 5.91 Å². The normalized spacial score (nSPS) is 15.1. The quantitative estimate of drug-likeness (QED) is 0.572. The molecule has 0 spiro atoms. The molecule has 0 bridgehead atoms. The zero-order valence-electron chi connectivity index (χ0n) is 14.4. The average molecular weight is 373 g/mol. The van der Waals surface area contributed by atoms with Crippen LogP contribution >= 0.6 is 11.3 Å². The van der Waals surface area contributed by atoms with Crippen LogP contribution in [-0.4, -0.2) is 40.3 Å². The molecule has 1 aliphatic heterocycles. The summed E-state index contributed by atoms with van der Waals surface area (Å²) >= 11 is 1.35. The molecule has 3 amide bonds. The van der Waals surface area contributed by atoms with Gasteiger partial charge in [-0.2, -0.15) is 4.99 Å². The maximum atomic E-state index is 12.3. The second-order valence-corrected chi connectivity index (χ2v) is 6.73. The Balaban J connectivity index is 1.96. The number of rotatable bonds is 6. The van der Waals surface area contributed by atoms with E-state index in [1.54, 1.807) is 6.08 Å². The summed E-state index contributed by atoms with van der Waals surface area (Å²) in [4.78, 5) is 41.2. The van der Waals surface area contributed by atoms with Crippen LogP contribution in [0.2, 0.25) is 0 Å². The van der Waals surface area contributed by atoms with Crippen LogP contribution in [0.3, 0.4) is 0 Å². The van der Waals surface area contributed by atoms with Gasteiger partial charge < -0.3 is 9.30 Å². The maximum Gasteiger partial charge on any atom is 0.268 e. The van der Waals surface area contributed by atoms with E-state index in [2.05, 4.69) is 11.6 Å². The molecular weight excluding hydrogens is 354 g/mol. The molecule has 26 heavy (non-hydrogen) atoms. The summed E-state index contributed by atoms with van der Waals surface area (Å²) in [5.41, 5.74) is 0.915. The molecule has 8 heteroatoms. The number of fused-ring (bicyclic) bond motifs is 1. The van der Waals surface area contributed by atoms with Gasteiger partial charge in [0.15, 0.2) is 4.80 Å². The standard InChI is InChI=1S/C18H19N3O4S/c1-3-9-20-13-6-5-12(25-4-2)10-14(13)26-18(20)19-15(22)11-21-16(23)7-8-17(21)24/h3,5-6,10H,1,4,7-9,11H2,2H3. The summed E-state index contributed by atoms with van der Waals surface area (Å²) in [6, 6.07) is 5.68. The molecule has 0 saturated carbocycles. The van der Waals surface area contributed by atoms with Crippen LogP contribution in [0.15, 0.2) is 35.8 Å². The first kappa shape index (κ1) is 18.1. The molecule has 0 N–H and O–H groups in total. The van der Waals surface area contributed by atoms with Gasteiger partial charge in [0, 0.05) is 19.4 Å². The van der Waals surface area contributed by atoms with Crippen LogP contribution < -0.4 is 9.54 Å². The number of nitrogens with zero attached hydrogens (tertiary/aromatic N) is 3. The highest BCUT2D eigenvalue weighted by Crippen LogP contribution is 2.23. The van der Waals surface area contributed by atoms with Crippen molar-refractivity contribution in [1.29, 1.82) is 0 Å². The lowest BCUT2D eigenvalue weighted by atomic mass is 10.3. The molecule has 1 aromatic carbocycles. The zero-order chi connectivity index (χ0) is 18.7. The molecule has 0 radical (unpaired) electrons. The zero-order valence-corrected chi connectivity index (χ0v) is 15.3. The molecule has 3 rings (SSSR count). The largest absolute Gasteiger partial charge is 0.494 e. The summed E-state index contributed by atoms with van der Waals surface area (Å²) in [5, 5.41) is 0. The van der Waals surface area contributed by atoms with Gasteiger partial charge in [-0.1, -0.05) is 17.4 Å². The minimum atomic E-state index is -0.525. The number of imide groups is 1. The average Bonchev–Trinajstić information content (AvgIpc) is 3.10. The first-order valence-corrected chi connectivity index (χ1v) is 9.13. The lowest BCUT2D eigenvalue weighted by Crippen LogP contribution is -2.34. The first-order chi connectivity index (χ1) is 12.5. The van der Waals surface area contributed by atoms with Crippen molar-refractivity contribution in [3.05, 3.63) is 35.7 Å². The maximum absolute atomic E-state index is 12.3. The lowest BCUT2D eigenvalue weighted by molar-refractivity contribution is -0.141. The van der Waals surface area contributed by atoms with Crippen LogP contribution in [-0.2, 0) is 20.9 Å². The number of benzene rings is 1. The fraction of sp³-hybridized carbons (Fsp3) is 0.333. The Labute approximate surface area is 154 Å². The first-order valence-electron chi connectivity index (χ1n) is 8.31. The Morgan fingerprint density at radius 1 is 1.35 bits per heavy atom. The van der Waals surface area contributed by atoms with E-state index in [-0.39, 0.29) is 31.2 Å². The number of carbonyl (C=O) groups is 3. The number of carbonyl (C=O) groups excluding carboxylic acids is 3. The molecule has 0 atom stereocenters. The number of aromatic nitrogens is 1. The fourth-order valence-electron chi connectivity index (χ4n) is 2.78. The van der Waals surface area contributed by atoms with Crippen molar-refractivity contribution in [3.63, 3.8) is 0 Å². The fourth-order valence-corrected chi connectivity index (χ4v) is 3.86. The molecule has 2 heterocycles. The third kappa shape index (κ3) is 3.60. The van der Waals surface area contributed by atoms with Crippen molar-refractivity contribution >= 4 is 39.3 Å². The number of thiazole rings is 1. The SMILES string of the molecule is C=CCn1c(=NC(=O)CN2C(=O)CCC2=O)sc2cc(OCC)ccc21. The highest BCUT2D eigenvalue weighted by Gasteiger charge is 2.30. The summed E-state index contributed by atoms with van der Waals surface area (Å²) in [6.07, 6.45) is 2.04. The molecule has 0 aliphatic carbocycles. The third-order valence-electron chi connectivity index (χ3n) is 3.95. The number of ether oxygens (including phenoxy) is 1. The number of hydrogen-bond acceptors (Lipinski definition) is 5. The van der Waals surface area contributed by atoms with Crippen molar-refractivity contribution in [2.45, 2.75) is 26.3 Å². The number of hydrogen-bond donors (Lipinski definition) is 0. The monoisotopic (exact) mass is 373 g/mol. The van der Waals surface area contributed by atoms with Gasteiger partial charge in [-0.05, 0) is 25.1 Å². The van der Waals surface area contributed by atoms with Crippen LogP contribution in [0.5, 0.6) is 5.75 Å². The predicted octanol–water partition coefficient (Wildman–Crippen LogP) is 1.86. The Morgan fingerprint density at radius 3 is 2.73 bits per heavy atom. The Hall–Kier alpha value is -2.74. The molecular formula is C18H19N3O4S. The number of allylic oxidation sites excluding steroid dienone is 1. The summed E-state index contributed by atoms with van der Waals surface area (Å²) in [5.74, 6) is -0.424. The molecule has 0 unspecified atom stereocenters. The molecule has 1 aliphatic rings. The molecule has 1 saturated heterocycles. The van der Waals surface area contributed by atoms with Gasteiger partial charge in [-0.3, -0.25) is 19.3 Å². The Kier molecular flexibility index (Phi) is 5.32. The van der Waals surface area contributed by atoms with E-state index in [1.165, 1.54) is 11.3 Å². The van der Waals surface area contributed by atoms with Crippen molar-refractivity contribution in [2.75, 3.05) is 13.2 Å². The van der Waals surface area contributed by atoms with Crippen molar-refractivity contribution in [1.82, 2.24) is 9.47 Å². The van der Waals surface area contributed by atoms with Crippen molar-refractivity contribution in [2.24, 2.45) is 4.99 Å². The van der Waals surface area contributed by atoms with Crippen LogP contribution in [0.1, 0.15) is 19.8 Å². The van der Waals surface area contributed by atoms with E-state index in [0.29, 0.717) is 18.0 Å². The minimum Gasteiger partial charge on any atom is -0.494 e. The summed E-state index contributed by atoms with van der Waals surface area (Å²) < 4.78 is 8.31. The number of likely N-dealkylation sites (tertiary alicyclic amines) is 1. The minimum absolute atomic E-state index is 0.158. The van der Waals surface area contributed by atoms with Crippen LogP contribution in [0.4, 0.5) is 0 Å². The van der Waals surface area contributed by atoms with Crippen molar-refractivity contribution < 1.29 is 19.1 Å². The topological polar surface area (TPSA) is 81.0 Å². The van der Waals surface area contributed by atoms with E-state index in [1.807, 2.05) is 29.7 Å². The molecule has 136 valence electrons. The van der Waals surface area contributed by atoms with Gasteiger partial charge in [0.1, 0.15) is 12.3 Å². The van der Waals surface area contributed by atoms with E-state index < -0.39 is 5.91 Å². The Bertz CT molecular complexity index is 941. The summed E-state index contributed by atoms with van der Waals surface area (Å²) in [6.45, 7) is 6.40. The predicted molar refractivity (Wildman–Crippen MR) is 97.7 cm³/mol. The molecule has 7 nitrogen and oxygen atoms in total. The van der Waals surface area contributed by atoms with Gasteiger partial charge in [0.05, 0.1) is 16.8 Å². The number of amides is 3. The smallest absolute Gasteiger partial charge is 0.268 e. The van der Waals surface area contributed by atoms with E-state index >= 15 is 0 Å². The van der Waals surface area contributed by atoms with Crippen LogP contribution in [0, 0.1) is 0 Å². The summed E-state index contributed by atoms with van der Waals surface area (Å²) in [7, 11) is 0. The second kappa shape index (κ2) is 7.65. The van der Waals surface area contributed by atoms with E-state index in [4.69, 9.17) is 4.74 Å². The highest BCUT2D eigenvalue weighted by molar-refractivity contribution is 7.16. The van der Waals surface area contributed by atoms with Gasteiger partial charge in [-0.15, -0.1) is 6.58 Å².